The Morgan fingerprint density at radius 1 is 0.482 bits per heavy atom. The molecule has 0 saturated heterocycles. The molecule has 83 heavy (non-hydrogen) atoms. The normalized spacial score (nSPS) is 14.6. The Kier molecular flexibility index (Phi) is 31.9. The first-order valence-corrected chi connectivity index (χ1v) is 26.3. The van der Waals surface area contributed by atoms with Gasteiger partial charge in [0.15, 0.2) is 5.96 Å². The predicted molar refractivity (Wildman–Crippen MR) is 293 cm³/mol. The van der Waals surface area contributed by atoms with E-state index < -0.39 is 183 Å². The van der Waals surface area contributed by atoms with E-state index in [-0.39, 0.29) is 55.8 Å². The van der Waals surface area contributed by atoms with Crippen molar-refractivity contribution in [3.63, 3.8) is 0 Å². The lowest BCUT2D eigenvalue weighted by Crippen LogP contribution is -2.61. The molecule has 0 saturated carbocycles. The number of carbonyl (C=O) groups is 13. The predicted octanol–water partition coefficient (Wildman–Crippen LogP) is -7.13. The molecule has 0 aliphatic heterocycles. The van der Waals surface area contributed by atoms with E-state index in [1.165, 1.54) is 24.3 Å². The van der Waals surface area contributed by atoms with Gasteiger partial charge in [0.2, 0.25) is 65.0 Å². The van der Waals surface area contributed by atoms with Gasteiger partial charge in [0.05, 0.1) is 25.7 Å². The van der Waals surface area contributed by atoms with E-state index in [2.05, 4.69) is 52.8 Å². The van der Waals surface area contributed by atoms with Crippen LogP contribution in [0.4, 0.5) is 0 Å². The smallest absolute Gasteiger partial charge is 0.326 e. The Morgan fingerprint density at radius 3 is 1.31 bits per heavy atom. The highest BCUT2D eigenvalue weighted by Gasteiger charge is 2.36. The van der Waals surface area contributed by atoms with E-state index in [1.54, 1.807) is 27.7 Å². The summed E-state index contributed by atoms with van der Waals surface area (Å²) in [6.07, 6.45) is -3.16. The van der Waals surface area contributed by atoms with Crippen LogP contribution in [0.5, 0.6) is 5.75 Å². The van der Waals surface area contributed by atoms with E-state index in [0.717, 1.165) is 6.92 Å². The molecule has 1 rings (SSSR count). The molecule has 0 bridgehead atoms. The van der Waals surface area contributed by atoms with Crippen molar-refractivity contribution in [1.82, 2.24) is 47.9 Å². The van der Waals surface area contributed by atoms with Gasteiger partial charge in [-0.25, -0.2) is 4.79 Å². The number of phenols is 1. The summed E-state index contributed by atoms with van der Waals surface area (Å²) in [7, 11) is 0. The van der Waals surface area contributed by atoms with E-state index >= 15 is 0 Å². The number of aliphatic imine (C=N–C) groups is 1. The maximum atomic E-state index is 13.9. The number of carbonyl (C=O) groups excluding carboxylic acids is 11. The van der Waals surface area contributed by atoms with Crippen LogP contribution in [0.15, 0.2) is 29.3 Å². The number of hydrogen-bond acceptors (Lipinski definition) is 18. The summed E-state index contributed by atoms with van der Waals surface area (Å²) in [5.74, 6) is -15.7. The van der Waals surface area contributed by atoms with Crippen LogP contribution in [0.1, 0.15) is 98.0 Å². The number of guanidine groups is 1. The number of nitrogens with two attached hydrogens (primary N) is 5. The van der Waals surface area contributed by atoms with Gasteiger partial charge in [0.25, 0.3) is 0 Å². The number of carboxylic acids is 2. The highest BCUT2D eigenvalue weighted by Crippen LogP contribution is 2.14. The molecule has 1 aromatic rings. The summed E-state index contributed by atoms with van der Waals surface area (Å²) >= 11 is 0. The second-order valence-corrected chi connectivity index (χ2v) is 20.2. The number of aliphatic hydroxyl groups excluding tert-OH is 2. The van der Waals surface area contributed by atoms with Crippen molar-refractivity contribution in [3.8, 4) is 5.75 Å². The molecular formula is C50H81N15O18. The van der Waals surface area contributed by atoms with Crippen LogP contribution < -0.4 is 76.5 Å². The molecule has 0 aromatic heterocycles. The molecule has 10 atom stereocenters. The Bertz CT molecular complexity index is 2460. The van der Waals surface area contributed by atoms with Crippen molar-refractivity contribution in [2.45, 2.75) is 159 Å². The molecule has 0 aliphatic rings. The molecule has 0 radical (unpaired) electrons. The minimum absolute atomic E-state index is 0.00946. The third-order valence-corrected chi connectivity index (χ3v) is 12.0. The molecule has 11 amide bonds. The largest absolute Gasteiger partial charge is 0.508 e. The molecule has 0 unspecified atom stereocenters. The summed E-state index contributed by atoms with van der Waals surface area (Å²) in [4.78, 5) is 173. The maximum Gasteiger partial charge on any atom is 0.326 e. The number of nitrogens with zero attached hydrogens (tertiary/aromatic N) is 1. The van der Waals surface area contributed by atoms with Crippen LogP contribution in [0.25, 0.3) is 0 Å². The molecule has 0 aliphatic carbocycles. The lowest BCUT2D eigenvalue weighted by atomic mass is 10.0. The van der Waals surface area contributed by atoms with Crippen molar-refractivity contribution in [2.75, 3.05) is 19.8 Å². The molecule has 0 spiro atoms. The number of phenolic OH excluding ortho intramolecular Hbond substituents is 1. The number of rotatable bonds is 39. The third kappa shape index (κ3) is 28.5. The molecule has 24 N–H and O–H groups in total. The average molecular weight is 1180 g/mol. The van der Waals surface area contributed by atoms with Gasteiger partial charge < -0.3 is 102 Å². The molecule has 33 heteroatoms. The van der Waals surface area contributed by atoms with Crippen LogP contribution in [0.3, 0.4) is 0 Å². The van der Waals surface area contributed by atoms with Gasteiger partial charge in [-0.2, -0.15) is 0 Å². The number of carboxylic acid groups (broad SMARTS) is 2. The summed E-state index contributed by atoms with van der Waals surface area (Å²) < 4.78 is 0. The van der Waals surface area contributed by atoms with Crippen LogP contribution in [0.2, 0.25) is 0 Å². The molecule has 464 valence electrons. The van der Waals surface area contributed by atoms with Crippen molar-refractivity contribution >= 4 is 82.9 Å². The SMILES string of the molecule is CC(C)C[C@H](NC(=O)[C@H](Cc1ccc(O)cc1)NC(=O)[C@H](CCC(N)=O)NC(=O)[C@H](CC(=O)O)NC(=O)[C@H](C)NC(=O)[C@H](CO)NC(=O)[C@H](CCC(N)=O)NC(=O)[C@H](CO)NC(=O)[C@H](CC(C)C)NC(=O)[C@@H](N)CCCN=C(N)N)C(=O)O. The Morgan fingerprint density at radius 2 is 0.867 bits per heavy atom. The first kappa shape index (κ1) is 72.3. The Labute approximate surface area is 477 Å². The number of hydrogen-bond donors (Lipinski definition) is 19. The third-order valence-electron chi connectivity index (χ3n) is 12.0. The first-order chi connectivity index (χ1) is 38.8. The quantitative estimate of drug-likeness (QED) is 0.0165. The van der Waals surface area contributed by atoms with Crippen LogP contribution in [-0.4, -0.2) is 189 Å². The van der Waals surface area contributed by atoms with Gasteiger partial charge in [0, 0.05) is 25.8 Å². The van der Waals surface area contributed by atoms with Crippen LogP contribution in [-0.2, 0) is 68.7 Å². The van der Waals surface area contributed by atoms with Gasteiger partial charge in [-0.05, 0) is 75.0 Å². The number of aliphatic carboxylic acids is 2. The molecule has 0 heterocycles. The molecule has 1 aromatic carbocycles. The summed E-state index contributed by atoms with van der Waals surface area (Å²) in [6.45, 7) is 5.86. The first-order valence-electron chi connectivity index (χ1n) is 26.3. The monoisotopic (exact) mass is 1180 g/mol. The van der Waals surface area contributed by atoms with E-state index in [1.807, 2.05) is 0 Å². The zero-order chi connectivity index (χ0) is 63.3. The fraction of sp³-hybridized carbons (Fsp3) is 0.600. The molecule has 0 fully saturated rings. The summed E-state index contributed by atoms with van der Waals surface area (Å²) in [5, 5.41) is 70.0. The van der Waals surface area contributed by atoms with Gasteiger partial charge in [0.1, 0.15) is 60.1 Å². The van der Waals surface area contributed by atoms with Gasteiger partial charge >= 0.3 is 11.9 Å². The van der Waals surface area contributed by atoms with Gasteiger partial charge in [-0.15, -0.1) is 0 Å². The average Bonchev–Trinajstić information content (AvgIpc) is 3.46. The lowest BCUT2D eigenvalue weighted by Gasteiger charge is -2.27. The van der Waals surface area contributed by atoms with E-state index in [9.17, 15) is 87.9 Å². The maximum absolute atomic E-state index is 13.9. The van der Waals surface area contributed by atoms with E-state index in [0.29, 0.717) is 12.0 Å². The standard InChI is InChI=1S/C50H81N15O18/c1-23(2)17-31(61-41(74)28(51)7-6-16-56-50(54)55)44(77)65-36(22-67)48(81)59-30(13-15-38(53)70)43(76)64-35(21-66)47(80)57-25(5)40(73)60-33(20-39(71)72)46(79)58-29(12-14-37(52)69)42(75)62-32(19-26-8-10-27(68)11-9-26)45(78)63-34(49(82)83)18-24(3)4/h8-11,23-25,28-36,66-68H,6-7,12-22,51H2,1-5H3,(H2,52,69)(H2,53,70)(H,57,80)(H,58,79)(H,59,81)(H,60,73)(H,61,74)(H,62,75)(H,63,78)(H,64,76)(H,65,77)(H,71,72)(H,82,83)(H4,54,55,56)/t25-,28-,29-,30-,31-,32-,33-,34-,35-,36-/m0/s1. The highest BCUT2D eigenvalue weighted by molar-refractivity contribution is 5.99. The highest BCUT2D eigenvalue weighted by atomic mass is 16.4. The zero-order valence-electron chi connectivity index (χ0n) is 46.8. The Hall–Kier alpha value is -8.72. The number of primary amides is 2. The number of aromatic hydroxyl groups is 1. The van der Waals surface area contributed by atoms with Crippen molar-refractivity contribution in [3.05, 3.63) is 29.8 Å². The number of aliphatic hydroxyl groups is 2. The second kappa shape index (κ2) is 36.6. The molecular weight excluding hydrogens is 1100 g/mol. The molecule has 33 nitrogen and oxygen atoms in total. The number of amides is 11. The number of benzene rings is 1. The van der Waals surface area contributed by atoms with Crippen molar-refractivity contribution < 1.29 is 87.9 Å². The fourth-order valence-corrected chi connectivity index (χ4v) is 7.60. The topological polar surface area (TPSA) is 574 Å². The van der Waals surface area contributed by atoms with Gasteiger partial charge in [-0.3, -0.25) is 62.5 Å². The van der Waals surface area contributed by atoms with Crippen molar-refractivity contribution in [1.29, 1.82) is 0 Å². The lowest BCUT2D eigenvalue weighted by molar-refractivity contribution is -0.142. The fourth-order valence-electron chi connectivity index (χ4n) is 7.60. The van der Waals surface area contributed by atoms with Gasteiger partial charge in [-0.1, -0.05) is 39.8 Å². The summed E-state index contributed by atoms with van der Waals surface area (Å²) in [6, 6.07) is -10.9. The van der Waals surface area contributed by atoms with E-state index in [4.69, 9.17) is 28.7 Å². The zero-order valence-corrected chi connectivity index (χ0v) is 46.8. The van der Waals surface area contributed by atoms with Crippen molar-refractivity contribution in [2.24, 2.45) is 45.5 Å². The van der Waals surface area contributed by atoms with Crippen LogP contribution >= 0.6 is 0 Å². The summed E-state index contributed by atoms with van der Waals surface area (Å²) in [5.41, 5.74) is 27.6. The minimum atomic E-state index is -2.03. The number of nitrogens with one attached hydrogen (secondary N) is 9. The second-order valence-electron chi connectivity index (χ2n) is 20.2. The minimum Gasteiger partial charge on any atom is -0.508 e. The Balaban J connectivity index is 3.31. The van der Waals surface area contributed by atoms with Crippen LogP contribution in [0, 0.1) is 11.8 Å².